The molecule has 338 valence electrons. The largest absolute Gasteiger partial charge is 0.505 e. The number of anilines is 1. The van der Waals surface area contributed by atoms with Crippen molar-refractivity contribution >= 4 is 119 Å². The number of aromatic hydroxyl groups is 1. The molecule has 26 heteroatoms. The second-order valence-corrected chi connectivity index (χ2v) is 19.5. The Morgan fingerprint density at radius 3 is 1.68 bits per heavy atom. The van der Waals surface area contributed by atoms with Crippen LogP contribution in [0, 0.1) is 0 Å². The molecule has 7 aromatic carbocycles. The molecule has 6 N–H and O–H groups in total. The van der Waals surface area contributed by atoms with Crippen molar-refractivity contribution in [3.8, 4) is 5.75 Å². The molecule has 0 saturated carbocycles. The topological polar surface area (TPSA) is 358 Å². The Balaban J connectivity index is 1.34. The van der Waals surface area contributed by atoms with E-state index in [1.165, 1.54) is 36.4 Å². The number of carbonyl (C=O) groups excluding carboxylic acids is 2. The zero-order chi connectivity index (χ0) is 47.9. The first-order valence-electron chi connectivity index (χ1n) is 18.3. The first-order valence-corrected chi connectivity index (χ1v) is 24.1. The second-order valence-electron chi connectivity index (χ2n) is 13.9. The number of Topliss-reactive ketones (excluding diaryl/α,β-unsaturated/α-hetero) is 1. The number of carbonyl (C=O) groups is 2. The minimum Gasteiger partial charge on any atom is -0.505 e. The van der Waals surface area contributed by atoms with E-state index in [4.69, 9.17) is 0 Å². The van der Waals surface area contributed by atoms with Crippen LogP contribution in [0.1, 0.15) is 6.92 Å². The van der Waals surface area contributed by atoms with E-state index < -0.39 is 106 Å². The van der Waals surface area contributed by atoms with E-state index in [-0.39, 0.29) is 38.9 Å². The van der Waals surface area contributed by atoms with Gasteiger partial charge in [0.1, 0.15) is 20.4 Å². The van der Waals surface area contributed by atoms with E-state index in [0.717, 1.165) is 37.3 Å². The fourth-order valence-electron chi connectivity index (χ4n) is 6.59. The number of amides is 1. The van der Waals surface area contributed by atoms with Crippen molar-refractivity contribution in [3.05, 3.63) is 115 Å². The van der Waals surface area contributed by atoms with Gasteiger partial charge in [0, 0.05) is 27.2 Å². The number of nitrogens with zero attached hydrogens (tertiary/aromatic N) is 6. The molecule has 7 aromatic rings. The Bertz CT molecular complexity index is 3760. The minimum atomic E-state index is -5.32. The maximum Gasteiger partial charge on any atom is 0.296 e. The van der Waals surface area contributed by atoms with Crippen LogP contribution in [0.4, 0.5) is 34.1 Å². The smallest absolute Gasteiger partial charge is 0.296 e. The van der Waals surface area contributed by atoms with E-state index in [2.05, 4.69) is 36.0 Å². The molecule has 0 unspecified atom stereocenters. The number of hydrogen-bond acceptors (Lipinski definition) is 17. The minimum absolute atomic E-state index is 0.0159. The maximum absolute atomic E-state index is 13.0. The van der Waals surface area contributed by atoms with Gasteiger partial charge in [-0.25, -0.2) is 0 Å². The number of para-hydroxylation sites is 1. The molecule has 1 amide bonds. The number of nitrogens with one attached hydrogen (secondary N) is 1. The first-order chi connectivity index (χ1) is 30.9. The molecule has 0 saturated heterocycles. The van der Waals surface area contributed by atoms with Gasteiger partial charge in [0.25, 0.3) is 46.4 Å². The standard InChI is InChI=1S/C40H29N7O15S4/c1-21(48)37(40(50)41-23-8-3-2-4-9-23)46-45-32-20-25(63(51,52)53)16-22-17-35(66(60,61)62)38(39(49)36(22)32)47-44-31-15-14-30(26-10-5-6-11-27(26)31)43-42-24-18-29-28(34(19-24)65(57,58)59)12-7-13-33(29)64(54,55)56/h2-20,37,49H,1H3,(H,41,50)(H,51,52,53)(H,54,55,56)(H,57,58,59)(H,60,61,62)/t37-/m0/s1. The van der Waals surface area contributed by atoms with Gasteiger partial charge in [-0.15, -0.1) is 15.3 Å². The predicted octanol–water partition coefficient (Wildman–Crippen LogP) is 8.35. The second kappa shape index (κ2) is 17.6. The van der Waals surface area contributed by atoms with Crippen LogP contribution < -0.4 is 5.32 Å². The highest BCUT2D eigenvalue weighted by molar-refractivity contribution is 7.87. The van der Waals surface area contributed by atoms with Gasteiger partial charge in [-0.2, -0.15) is 49.0 Å². The van der Waals surface area contributed by atoms with Crippen LogP contribution in [0.5, 0.6) is 5.75 Å². The van der Waals surface area contributed by atoms with E-state index in [1.54, 1.807) is 36.4 Å². The lowest BCUT2D eigenvalue weighted by Gasteiger charge is -2.13. The molecule has 0 bridgehead atoms. The van der Waals surface area contributed by atoms with Gasteiger partial charge in [-0.05, 0) is 73.0 Å². The average Bonchev–Trinajstić information content (AvgIpc) is 3.23. The number of fused-ring (bicyclic) bond motifs is 3. The highest BCUT2D eigenvalue weighted by atomic mass is 32.2. The van der Waals surface area contributed by atoms with Gasteiger partial charge in [-0.3, -0.25) is 27.8 Å². The zero-order valence-electron chi connectivity index (χ0n) is 33.2. The number of hydrogen-bond donors (Lipinski definition) is 6. The van der Waals surface area contributed by atoms with Crippen LogP contribution in [-0.2, 0) is 50.1 Å². The van der Waals surface area contributed by atoms with Crippen molar-refractivity contribution < 1.29 is 66.6 Å². The molecule has 7 rings (SSSR count). The summed E-state index contributed by atoms with van der Waals surface area (Å²) in [7, 11) is -20.2. The average molecular weight is 976 g/mol. The molecular weight excluding hydrogens is 947 g/mol. The third-order valence-electron chi connectivity index (χ3n) is 9.50. The first kappa shape index (κ1) is 46.7. The summed E-state index contributed by atoms with van der Waals surface area (Å²) >= 11 is 0. The van der Waals surface area contributed by atoms with Crippen molar-refractivity contribution in [1.82, 2.24) is 0 Å². The highest BCUT2D eigenvalue weighted by Gasteiger charge is 2.28. The van der Waals surface area contributed by atoms with Crippen molar-refractivity contribution in [2.24, 2.45) is 30.7 Å². The van der Waals surface area contributed by atoms with E-state index in [0.29, 0.717) is 17.5 Å². The van der Waals surface area contributed by atoms with Gasteiger partial charge in [-0.1, -0.05) is 54.6 Å². The van der Waals surface area contributed by atoms with Crippen molar-refractivity contribution in [1.29, 1.82) is 0 Å². The highest BCUT2D eigenvalue weighted by Crippen LogP contribution is 2.47. The normalized spacial score (nSPS) is 13.3. The van der Waals surface area contributed by atoms with E-state index >= 15 is 0 Å². The van der Waals surface area contributed by atoms with Crippen molar-refractivity contribution in [3.63, 3.8) is 0 Å². The summed E-state index contributed by atoms with van der Waals surface area (Å²) in [6, 6.07) is 22.5. The maximum atomic E-state index is 13.0. The summed E-state index contributed by atoms with van der Waals surface area (Å²) in [6.07, 6.45) is 0. The molecule has 22 nitrogen and oxygen atoms in total. The number of azo groups is 3. The van der Waals surface area contributed by atoms with Crippen LogP contribution in [0.15, 0.2) is 166 Å². The number of ketones is 1. The van der Waals surface area contributed by atoms with Crippen LogP contribution in [0.25, 0.3) is 32.3 Å². The van der Waals surface area contributed by atoms with Crippen LogP contribution >= 0.6 is 0 Å². The molecule has 0 spiro atoms. The Labute approximate surface area is 373 Å². The lowest BCUT2D eigenvalue weighted by atomic mass is 10.1. The lowest BCUT2D eigenvalue weighted by Crippen LogP contribution is -2.31. The van der Waals surface area contributed by atoms with Crippen LogP contribution in [0.3, 0.4) is 0 Å². The van der Waals surface area contributed by atoms with Crippen LogP contribution in [-0.4, -0.2) is 74.7 Å². The Hall–Kier alpha value is -7.30. The van der Waals surface area contributed by atoms with Gasteiger partial charge in [0.2, 0.25) is 6.04 Å². The third-order valence-corrected chi connectivity index (χ3v) is 13.0. The monoisotopic (exact) mass is 975 g/mol. The molecule has 1 atom stereocenters. The van der Waals surface area contributed by atoms with Crippen molar-refractivity contribution in [2.45, 2.75) is 32.5 Å². The summed E-state index contributed by atoms with van der Waals surface area (Å²) < 4.78 is 139. The third kappa shape index (κ3) is 9.84. The van der Waals surface area contributed by atoms with Gasteiger partial charge >= 0.3 is 0 Å². The quantitative estimate of drug-likeness (QED) is 0.0359. The van der Waals surface area contributed by atoms with E-state index in [1.807, 2.05) is 0 Å². The fraction of sp³-hybridized carbons (Fsp3) is 0.0500. The lowest BCUT2D eigenvalue weighted by molar-refractivity contribution is -0.126. The number of phenols is 1. The van der Waals surface area contributed by atoms with Gasteiger partial charge < -0.3 is 10.4 Å². The van der Waals surface area contributed by atoms with Crippen molar-refractivity contribution in [2.75, 3.05) is 5.32 Å². The molecule has 0 heterocycles. The molecule has 0 aromatic heterocycles. The fourth-order valence-corrected chi connectivity index (χ4v) is 9.21. The van der Waals surface area contributed by atoms with Crippen LogP contribution in [0.2, 0.25) is 0 Å². The molecule has 0 fully saturated rings. The van der Waals surface area contributed by atoms with Gasteiger partial charge in [0.05, 0.1) is 33.0 Å². The SMILES string of the molecule is CC(=O)[C@H](N=Nc1cc(S(=O)(=O)O)cc2cc(S(=O)(=O)O)c(N=Nc3ccc(N=Nc4cc(S(=O)(=O)O)c5cccc(S(=O)(=O)O)c5c4)c4ccccc34)c(O)c12)C(=O)Nc1ccccc1. The summed E-state index contributed by atoms with van der Waals surface area (Å²) in [5, 5.41) is 37.1. The number of rotatable bonds is 13. The number of phenolic OH excluding ortho intramolecular Hbond substituents is 1. The molecule has 0 aliphatic carbocycles. The molecule has 0 aliphatic heterocycles. The molecular formula is C40H29N7O15S4. The molecule has 66 heavy (non-hydrogen) atoms. The molecule has 0 aliphatic rings. The Morgan fingerprint density at radius 1 is 0.530 bits per heavy atom. The summed E-state index contributed by atoms with van der Waals surface area (Å²) in [6.45, 7) is 1.02. The van der Waals surface area contributed by atoms with E-state index in [9.17, 15) is 66.6 Å². The molecule has 0 radical (unpaired) electrons. The summed E-state index contributed by atoms with van der Waals surface area (Å²) in [5.41, 5.74) is -1.42. The zero-order valence-corrected chi connectivity index (χ0v) is 36.4. The Kier molecular flexibility index (Phi) is 12.4. The summed E-state index contributed by atoms with van der Waals surface area (Å²) in [5.74, 6) is -2.84. The number of benzene rings is 7. The van der Waals surface area contributed by atoms with Gasteiger partial charge in [0.15, 0.2) is 11.5 Å². The summed E-state index contributed by atoms with van der Waals surface area (Å²) in [4.78, 5) is 22.2. The predicted molar refractivity (Wildman–Crippen MR) is 235 cm³/mol. The Morgan fingerprint density at radius 2 is 1.11 bits per heavy atom.